The smallest absolute Gasteiger partial charge is 0.416 e. The maximum absolute atomic E-state index is 17.1. The van der Waals surface area contributed by atoms with Gasteiger partial charge in [-0.3, -0.25) is 14.5 Å². The lowest BCUT2D eigenvalue weighted by Crippen LogP contribution is -2.53. The molecule has 0 unspecified atom stereocenters. The first-order chi connectivity index (χ1) is 20.4. The van der Waals surface area contributed by atoms with Crippen LogP contribution in [-0.2, 0) is 15.8 Å². The lowest BCUT2D eigenvalue weighted by Gasteiger charge is -2.38. The van der Waals surface area contributed by atoms with E-state index in [2.05, 4.69) is 0 Å². The molecule has 0 bridgehead atoms. The van der Waals surface area contributed by atoms with Crippen molar-refractivity contribution in [2.75, 3.05) is 39.9 Å². The number of benzene rings is 2. The fourth-order valence-corrected chi connectivity index (χ4v) is 5.90. The summed E-state index contributed by atoms with van der Waals surface area (Å²) in [5.74, 6) is -2.07. The number of piperidine rings is 1. The van der Waals surface area contributed by atoms with Crippen molar-refractivity contribution in [2.45, 2.75) is 76.7 Å². The molecule has 0 aromatic heterocycles. The van der Waals surface area contributed by atoms with Crippen LogP contribution in [-0.4, -0.2) is 77.9 Å². The van der Waals surface area contributed by atoms with Crippen LogP contribution >= 0.6 is 0 Å². The van der Waals surface area contributed by atoms with Crippen LogP contribution in [0.15, 0.2) is 42.5 Å². The van der Waals surface area contributed by atoms with Gasteiger partial charge < -0.3 is 19.5 Å². The van der Waals surface area contributed by atoms with E-state index >= 15 is 4.39 Å². The molecule has 2 aromatic carbocycles. The highest BCUT2D eigenvalue weighted by Gasteiger charge is 2.57. The van der Waals surface area contributed by atoms with Crippen molar-refractivity contribution < 1.29 is 41.7 Å². The number of hydrogen-bond donors (Lipinski definition) is 1. The van der Waals surface area contributed by atoms with Gasteiger partial charge in [-0.2, -0.15) is 13.2 Å². The Bertz CT molecular complexity index is 1350. The summed E-state index contributed by atoms with van der Waals surface area (Å²) >= 11 is 0. The number of alkyl halides is 4. The third kappa shape index (κ3) is 6.98. The predicted molar refractivity (Wildman–Crippen MR) is 158 cm³/mol. The van der Waals surface area contributed by atoms with Crippen molar-refractivity contribution in [3.63, 3.8) is 0 Å². The van der Waals surface area contributed by atoms with Gasteiger partial charge in [-0.15, -0.1) is 0 Å². The number of carboxylic acid groups (broad SMARTS) is 1. The second-order valence-corrected chi connectivity index (χ2v) is 13.5. The van der Waals surface area contributed by atoms with Gasteiger partial charge in [0.05, 0.1) is 18.1 Å². The average Bonchev–Trinajstić information content (AvgIpc) is 3.34. The highest BCUT2D eigenvalue weighted by molar-refractivity contribution is 5.87. The maximum atomic E-state index is 17.1. The zero-order chi connectivity index (χ0) is 32.7. The van der Waals surface area contributed by atoms with Crippen molar-refractivity contribution in [2.24, 2.45) is 5.41 Å². The van der Waals surface area contributed by atoms with Gasteiger partial charge in [-0.1, -0.05) is 18.2 Å². The summed E-state index contributed by atoms with van der Waals surface area (Å²) in [5.41, 5.74) is -3.53. The largest absolute Gasteiger partial charge is 0.497 e. The fraction of sp³-hybridized carbons (Fsp3) is 0.576. The van der Waals surface area contributed by atoms with Crippen LogP contribution in [0.25, 0.3) is 0 Å². The van der Waals surface area contributed by atoms with Crippen molar-refractivity contribution in [3.8, 4) is 11.5 Å². The molecule has 2 aliphatic heterocycles. The number of carboxylic acids is 1. The summed E-state index contributed by atoms with van der Waals surface area (Å²) in [6.45, 7) is 9.27. The molecule has 2 aliphatic rings. The number of amides is 1. The molecule has 44 heavy (non-hydrogen) atoms. The second kappa shape index (κ2) is 12.2. The van der Waals surface area contributed by atoms with E-state index in [0.29, 0.717) is 36.3 Å². The van der Waals surface area contributed by atoms with Gasteiger partial charge >= 0.3 is 12.1 Å². The fourth-order valence-electron chi connectivity index (χ4n) is 5.90. The summed E-state index contributed by atoms with van der Waals surface area (Å²) in [6, 6.07) is 10.4. The number of methoxy groups -OCH3 is 1. The lowest BCUT2D eigenvalue weighted by atomic mass is 9.83. The summed E-state index contributed by atoms with van der Waals surface area (Å²) in [4.78, 5) is 29.0. The predicted octanol–water partition coefficient (Wildman–Crippen LogP) is 6.52. The molecule has 2 heterocycles. The Morgan fingerprint density at radius 1 is 1.00 bits per heavy atom. The Hall–Kier alpha value is -3.34. The molecule has 1 N–H and O–H groups in total. The molecule has 0 spiro atoms. The molecule has 2 saturated heterocycles. The SMILES string of the molecule is COc1ccc([C@@H]2CN(C(C)(C)C)C[C@@]2(F)C(=O)N2CCC(c3ccc(C(F)(F)F)cc3OCC(C)(C)C(=O)O)CC2)cc1. The number of aliphatic carboxylic acids is 1. The minimum atomic E-state index is -4.60. The summed E-state index contributed by atoms with van der Waals surface area (Å²) < 4.78 is 68.6. The van der Waals surface area contributed by atoms with Gasteiger partial charge in [0.1, 0.15) is 18.1 Å². The van der Waals surface area contributed by atoms with E-state index in [9.17, 15) is 27.9 Å². The Labute approximate surface area is 256 Å². The number of likely N-dealkylation sites (tertiary alicyclic amines) is 2. The van der Waals surface area contributed by atoms with E-state index in [1.165, 1.54) is 24.8 Å². The van der Waals surface area contributed by atoms with E-state index in [1.54, 1.807) is 31.4 Å². The minimum absolute atomic E-state index is 0.0305. The number of halogens is 4. The summed E-state index contributed by atoms with van der Waals surface area (Å²) in [5, 5.41) is 9.45. The molecule has 2 fully saturated rings. The topological polar surface area (TPSA) is 79.3 Å². The van der Waals surface area contributed by atoms with E-state index in [0.717, 1.165) is 12.1 Å². The van der Waals surface area contributed by atoms with Crippen molar-refractivity contribution in [1.29, 1.82) is 0 Å². The van der Waals surface area contributed by atoms with Gasteiger partial charge in [-0.25, -0.2) is 4.39 Å². The normalized spacial score (nSPS) is 22.2. The molecular weight excluding hydrogens is 580 g/mol. The summed E-state index contributed by atoms with van der Waals surface area (Å²) in [7, 11) is 1.55. The van der Waals surface area contributed by atoms with Crippen LogP contribution in [0.3, 0.4) is 0 Å². The number of rotatable bonds is 8. The van der Waals surface area contributed by atoms with E-state index < -0.39 is 40.6 Å². The summed E-state index contributed by atoms with van der Waals surface area (Å²) in [6.07, 6.45) is -3.82. The number of ether oxygens (including phenoxy) is 2. The highest BCUT2D eigenvalue weighted by Crippen LogP contribution is 2.45. The van der Waals surface area contributed by atoms with Crippen LogP contribution in [0.2, 0.25) is 0 Å². The lowest BCUT2D eigenvalue weighted by molar-refractivity contribution is -0.148. The molecule has 0 radical (unpaired) electrons. The van der Waals surface area contributed by atoms with Gasteiger partial charge in [0.2, 0.25) is 5.67 Å². The molecule has 1 amide bonds. The average molecular weight is 623 g/mol. The Morgan fingerprint density at radius 3 is 2.14 bits per heavy atom. The third-order valence-corrected chi connectivity index (χ3v) is 8.93. The minimum Gasteiger partial charge on any atom is -0.497 e. The molecular formula is C33H42F4N2O5. The molecule has 2 atom stereocenters. The first-order valence-corrected chi connectivity index (χ1v) is 14.8. The zero-order valence-corrected chi connectivity index (χ0v) is 26.1. The molecule has 0 saturated carbocycles. The maximum Gasteiger partial charge on any atom is 0.416 e. The van der Waals surface area contributed by atoms with Gasteiger partial charge in [-0.05, 0) is 88.8 Å². The Kier molecular flexibility index (Phi) is 9.31. The van der Waals surface area contributed by atoms with Crippen LogP contribution in [0.4, 0.5) is 17.6 Å². The van der Waals surface area contributed by atoms with Crippen molar-refractivity contribution in [3.05, 3.63) is 59.2 Å². The van der Waals surface area contributed by atoms with Crippen LogP contribution in [0, 0.1) is 5.41 Å². The first kappa shape index (κ1) is 33.6. The van der Waals surface area contributed by atoms with Crippen molar-refractivity contribution >= 4 is 11.9 Å². The van der Waals surface area contributed by atoms with E-state index in [-0.39, 0.29) is 43.4 Å². The first-order valence-electron chi connectivity index (χ1n) is 14.8. The van der Waals surface area contributed by atoms with Crippen LogP contribution in [0.5, 0.6) is 11.5 Å². The number of carbonyl (C=O) groups excluding carboxylic acids is 1. The highest BCUT2D eigenvalue weighted by atomic mass is 19.4. The molecule has 242 valence electrons. The van der Waals surface area contributed by atoms with Gasteiger partial charge in [0, 0.05) is 37.6 Å². The van der Waals surface area contributed by atoms with E-state index in [4.69, 9.17) is 9.47 Å². The van der Waals surface area contributed by atoms with Crippen LogP contribution < -0.4 is 9.47 Å². The molecule has 7 nitrogen and oxygen atoms in total. The Balaban J connectivity index is 1.55. The molecule has 4 rings (SSSR count). The molecule has 11 heteroatoms. The Morgan fingerprint density at radius 2 is 1.61 bits per heavy atom. The second-order valence-electron chi connectivity index (χ2n) is 13.5. The third-order valence-electron chi connectivity index (χ3n) is 8.93. The zero-order valence-electron chi connectivity index (χ0n) is 26.1. The number of carbonyl (C=O) groups is 2. The molecule has 2 aromatic rings. The number of hydrogen-bond acceptors (Lipinski definition) is 5. The number of nitrogens with zero attached hydrogens (tertiary/aromatic N) is 2. The quantitative estimate of drug-likeness (QED) is 0.338. The monoisotopic (exact) mass is 622 g/mol. The van der Waals surface area contributed by atoms with Crippen LogP contribution in [0.1, 0.15) is 76.0 Å². The standard InChI is InChI=1S/C33H42F4N2O5/c1-30(2,3)39-18-26(22-7-10-24(43-6)11-8-22)32(34,19-39)28(40)38-15-13-21(14-16-38)25-12-9-23(33(35,36)37)17-27(25)44-20-31(4,5)29(41)42/h7-12,17,21,26H,13-16,18-20H2,1-6H3,(H,41,42)/t26-,32-/m0/s1. The van der Waals surface area contributed by atoms with Gasteiger partial charge in [0.25, 0.3) is 5.91 Å². The van der Waals surface area contributed by atoms with Gasteiger partial charge in [0.15, 0.2) is 0 Å². The molecule has 0 aliphatic carbocycles. The van der Waals surface area contributed by atoms with Crippen molar-refractivity contribution in [1.82, 2.24) is 9.80 Å². The van der Waals surface area contributed by atoms with E-state index in [1.807, 2.05) is 25.7 Å².